The molecule has 0 radical (unpaired) electrons. The van der Waals surface area contributed by atoms with E-state index in [0.29, 0.717) is 13.0 Å². The Labute approximate surface area is 123 Å². The van der Waals surface area contributed by atoms with E-state index in [1.54, 1.807) is 20.8 Å². The number of thioether (sulfide) groups is 1. The second-order valence-electron chi connectivity index (χ2n) is 5.64. The van der Waals surface area contributed by atoms with Crippen molar-refractivity contribution in [2.45, 2.75) is 51.0 Å². The Morgan fingerprint density at radius 1 is 1.25 bits per heavy atom. The van der Waals surface area contributed by atoms with Crippen LogP contribution in [0, 0.1) is 0 Å². The minimum atomic E-state index is -0.688. The van der Waals surface area contributed by atoms with E-state index in [0.717, 1.165) is 11.8 Å². The number of methoxy groups -OCH3 is 1. The summed E-state index contributed by atoms with van der Waals surface area (Å²) in [6.07, 6.45) is -0.157. The molecule has 114 valence electrons. The highest BCUT2D eigenvalue weighted by Crippen LogP contribution is 2.30. The molecular formula is C13H21NO5S. The number of carbonyl (C=O) groups is 3. The molecule has 1 aliphatic heterocycles. The zero-order valence-corrected chi connectivity index (χ0v) is 13.3. The first kappa shape index (κ1) is 16.8. The Morgan fingerprint density at radius 3 is 2.30 bits per heavy atom. The molecule has 0 spiro atoms. The molecule has 0 unspecified atom stereocenters. The van der Waals surface area contributed by atoms with Gasteiger partial charge in [0.2, 0.25) is 0 Å². The number of nitrogens with zero attached hydrogens (tertiary/aromatic N) is 1. The molecule has 0 aromatic carbocycles. The van der Waals surface area contributed by atoms with Gasteiger partial charge in [-0.1, -0.05) is 11.8 Å². The predicted molar refractivity (Wildman–Crippen MR) is 75.4 cm³/mol. The molecule has 0 N–H and O–H groups in total. The van der Waals surface area contributed by atoms with Crippen molar-refractivity contribution in [3.8, 4) is 0 Å². The van der Waals surface area contributed by atoms with Gasteiger partial charge in [0, 0.05) is 18.7 Å². The SMILES string of the molecule is COC(=O)[C@H]1C[C@H](SC(C)=O)CN1C(=O)OC(C)(C)C. The Balaban J connectivity index is 2.81. The first-order valence-corrected chi connectivity index (χ1v) is 7.26. The maximum absolute atomic E-state index is 12.1. The highest BCUT2D eigenvalue weighted by molar-refractivity contribution is 8.14. The molecule has 0 aromatic heterocycles. The summed E-state index contributed by atoms with van der Waals surface area (Å²) in [7, 11) is 1.28. The van der Waals surface area contributed by atoms with E-state index in [1.165, 1.54) is 18.9 Å². The average Bonchev–Trinajstić information content (AvgIpc) is 2.68. The molecule has 0 aliphatic carbocycles. The second kappa shape index (κ2) is 6.47. The Morgan fingerprint density at radius 2 is 1.85 bits per heavy atom. The number of hydrogen-bond acceptors (Lipinski definition) is 6. The third kappa shape index (κ3) is 4.70. The number of carbonyl (C=O) groups excluding carboxylic acids is 3. The van der Waals surface area contributed by atoms with Crippen LogP contribution < -0.4 is 0 Å². The summed E-state index contributed by atoms with van der Waals surface area (Å²) in [6, 6.07) is -0.688. The van der Waals surface area contributed by atoms with Gasteiger partial charge in [0.1, 0.15) is 11.6 Å². The minimum absolute atomic E-state index is 0.0374. The van der Waals surface area contributed by atoms with Crippen LogP contribution in [-0.4, -0.2) is 52.6 Å². The summed E-state index contributed by atoms with van der Waals surface area (Å²) < 4.78 is 10.0. The fourth-order valence-corrected chi connectivity index (χ4v) is 2.98. The van der Waals surface area contributed by atoms with Crippen molar-refractivity contribution in [3.63, 3.8) is 0 Å². The van der Waals surface area contributed by atoms with Crippen molar-refractivity contribution in [3.05, 3.63) is 0 Å². The van der Waals surface area contributed by atoms with E-state index in [1.807, 2.05) is 0 Å². The number of rotatable bonds is 2. The predicted octanol–water partition coefficient (Wildman–Crippen LogP) is 1.82. The number of hydrogen-bond donors (Lipinski definition) is 0. The van der Waals surface area contributed by atoms with Crippen LogP contribution in [-0.2, 0) is 19.1 Å². The molecule has 1 saturated heterocycles. The molecule has 0 aromatic rings. The van der Waals surface area contributed by atoms with Gasteiger partial charge in [-0.2, -0.15) is 0 Å². The minimum Gasteiger partial charge on any atom is -0.467 e. The third-order valence-electron chi connectivity index (χ3n) is 2.70. The Bertz CT molecular complexity index is 404. The lowest BCUT2D eigenvalue weighted by Crippen LogP contribution is -2.43. The molecule has 0 bridgehead atoms. The van der Waals surface area contributed by atoms with Crippen LogP contribution in [0.1, 0.15) is 34.1 Å². The fraction of sp³-hybridized carbons (Fsp3) is 0.769. The van der Waals surface area contributed by atoms with Gasteiger partial charge in [0.05, 0.1) is 7.11 Å². The van der Waals surface area contributed by atoms with Crippen molar-refractivity contribution in [2.75, 3.05) is 13.7 Å². The Hall–Kier alpha value is -1.24. The molecule has 20 heavy (non-hydrogen) atoms. The summed E-state index contributed by atoms with van der Waals surface area (Å²) in [5.41, 5.74) is -0.635. The zero-order chi connectivity index (χ0) is 15.5. The van der Waals surface area contributed by atoms with E-state index in [-0.39, 0.29) is 10.4 Å². The molecule has 6 nitrogen and oxygen atoms in total. The molecule has 7 heteroatoms. The van der Waals surface area contributed by atoms with Crippen molar-refractivity contribution >= 4 is 28.9 Å². The molecule has 1 rings (SSSR count). The number of ether oxygens (including phenoxy) is 2. The average molecular weight is 303 g/mol. The van der Waals surface area contributed by atoms with Crippen LogP contribution >= 0.6 is 11.8 Å². The van der Waals surface area contributed by atoms with Crippen molar-refractivity contribution in [2.24, 2.45) is 0 Å². The maximum Gasteiger partial charge on any atom is 0.411 e. The molecule has 0 saturated carbocycles. The molecule has 1 aliphatic rings. The standard InChI is InChI=1S/C13H21NO5S/c1-8(15)20-9-6-10(11(16)18-5)14(7-9)12(17)19-13(2,3)4/h9-10H,6-7H2,1-5H3/t9-,10+/m0/s1. The largest absolute Gasteiger partial charge is 0.467 e. The van der Waals surface area contributed by atoms with Crippen LogP contribution in [0.4, 0.5) is 4.79 Å². The number of likely N-dealkylation sites (tertiary alicyclic amines) is 1. The van der Waals surface area contributed by atoms with Crippen molar-refractivity contribution < 1.29 is 23.9 Å². The highest BCUT2D eigenvalue weighted by Gasteiger charge is 2.42. The van der Waals surface area contributed by atoms with E-state index in [2.05, 4.69) is 0 Å². The molecular weight excluding hydrogens is 282 g/mol. The van der Waals surface area contributed by atoms with Crippen LogP contribution in [0.3, 0.4) is 0 Å². The van der Waals surface area contributed by atoms with Gasteiger partial charge >= 0.3 is 12.1 Å². The van der Waals surface area contributed by atoms with Crippen LogP contribution in [0.5, 0.6) is 0 Å². The highest BCUT2D eigenvalue weighted by atomic mass is 32.2. The molecule has 1 fully saturated rings. The van der Waals surface area contributed by atoms with Crippen LogP contribution in [0.15, 0.2) is 0 Å². The van der Waals surface area contributed by atoms with Crippen LogP contribution in [0.2, 0.25) is 0 Å². The van der Waals surface area contributed by atoms with Gasteiger partial charge < -0.3 is 9.47 Å². The summed E-state index contributed by atoms with van der Waals surface area (Å²) in [5.74, 6) is -0.484. The van der Waals surface area contributed by atoms with E-state index < -0.39 is 23.7 Å². The Kier molecular flexibility index (Phi) is 5.44. The van der Waals surface area contributed by atoms with E-state index >= 15 is 0 Å². The number of amides is 1. The molecule has 2 atom stereocenters. The smallest absolute Gasteiger partial charge is 0.411 e. The quantitative estimate of drug-likeness (QED) is 0.725. The number of esters is 1. The first-order valence-electron chi connectivity index (χ1n) is 6.38. The first-order chi connectivity index (χ1) is 9.14. The third-order valence-corrected chi connectivity index (χ3v) is 3.70. The molecule has 1 heterocycles. The summed E-state index contributed by atoms with van der Waals surface area (Å²) in [4.78, 5) is 36.4. The summed E-state index contributed by atoms with van der Waals surface area (Å²) in [5, 5.41) is -0.145. The lowest BCUT2D eigenvalue weighted by Gasteiger charge is -2.27. The second-order valence-corrected chi connectivity index (χ2v) is 7.12. The van der Waals surface area contributed by atoms with Crippen molar-refractivity contribution in [1.29, 1.82) is 0 Å². The zero-order valence-electron chi connectivity index (χ0n) is 12.5. The van der Waals surface area contributed by atoms with Crippen LogP contribution in [0.25, 0.3) is 0 Å². The summed E-state index contributed by atoms with van der Waals surface area (Å²) in [6.45, 7) is 7.05. The normalized spacial score (nSPS) is 22.6. The van der Waals surface area contributed by atoms with Gasteiger partial charge in [-0.15, -0.1) is 0 Å². The van der Waals surface area contributed by atoms with Gasteiger partial charge in [0.15, 0.2) is 5.12 Å². The summed E-state index contributed by atoms with van der Waals surface area (Å²) >= 11 is 1.14. The van der Waals surface area contributed by atoms with Gasteiger partial charge in [-0.25, -0.2) is 9.59 Å². The lowest BCUT2D eigenvalue weighted by molar-refractivity contribution is -0.145. The fourth-order valence-electron chi connectivity index (χ4n) is 2.00. The monoisotopic (exact) mass is 303 g/mol. The molecule has 1 amide bonds. The topological polar surface area (TPSA) is 72.9 Å². The van der Waals surface area contributed by atoms with E-state index in [9.17, 15) is 14.4 Å². The van der Waals surface area contributed by atoms with Gasteiger partial charge in [-0.3, -0.25) is 9.69 Å². The lowest BCUT2D eigenvalue weighted by atomic mass is 10.2. The van der Waals surface area contributed by atoms with E-state index in [4.69, 9.17) is 9.47 Å². The van der Waals surface area contributed by atoms with Gasteiger partial charge in [0.25, 0.3) is 0 Å². The van der Waals surface area contributed by atoms with Crippen molar-refractivity contribution in [1.82, 2.24) is 4.90 Å². The van der Waals surface area contributed by atoms with Gasteiger partial charge in [-0.05, 0) is 27.2 Å². The maximum atomic E-state index is 12.1.